The molecule has 168 valence electrons. The number of carbonyl (C=O) groups is 1. The van der Waals surface area contributed by atoms with E-state index < -0.39 is 18.3 Å². The van der Waals surface area contributed by atoms with Gasteiger partial charge in [0.25, 0.3) is 0 Å². The van der Waals surface area contributed by atoms with Crippen molar-refractivity contribution in [2.75, 3.05) is 0 Å². The van der Waals surface area contributed by atoms with Crippen molar-refractivity contribution < 1.29 is 29.7 Å². The van der Waals surface area contributed by atoms with E-state index in [1.807, 2.05) is 0 Å². The first-order valence-electron chi connectivity index (χ1n) is 10.8. The minimum Gasteiger partial charge on any atom is -0.393 e. The lowest BCUT2D eigenvalue weighted by Gasteiger charge is -2.24. The molecular weight excluding hydrogens is 389 g/mol. The molecule has 5 atom stereocenters. The summed E-state index contributed by atoms with van der Waals surface area (Å²) < 4.78 is 13.6. The summed E-state index contributed by atoms with van der Waals surface area (Å²) in [5.74, 6) is -0.806. The van der Waals surface area contributed by atoms with Crippen LogP contribution in [0.4, 0.5) is 4.39 Å². The molecule has 6 nitrogen and oxygen atoms in total. The van der Waals surface area contributed by atoms with Crippen molar-refractivity contribution in [1.82, 2.24) is 5.48 Å². The van der Waals surface area contributed by atoms with Gasteiger partial charge in [-0.1, -0.05) is 49.6 Å². The third-order valence-corrected chi connectivity index (χ3v) is 6.04. The molecule has 0 aliphatic heterocycles. The lowest BCUT2D eigenvalue weighted by molar-refractivity contribution is -0.129. The van der Waals surface area contributed by atoms with Crippen molar-refractivity contribution in [3.8, 4) is 0 Å². The highest BCUT2D eigenvalue weighted by molar-refractivity contribution is 5.74. The van der Waals surface area contributed by atoms with Crippen LogP contribution >= 0.6 is 0 Å². The Morgan fingerprint density at radius 2 is 1.77 bits per heavy atom. The van der Waals surface area contributed by atoms with Crippen molar-refractivity contribution in [2.45, 2.75) is 76.1 Å². The predicted octanol–water partition coefficient (Wildman–Crippen LogP) is 3.18. The molecule has 1 aromatic carbocycles. The summed E-state index contributed by atoms with van der Waals surface area (Å²) in [6.07, 6.45) is 7.09. The van der Waals surface area contributed by atoms with Crippen LogP contribution < -0.4 is 5.48 Å². The van der Waals surface area contributed by atoms with E-state index in [1.54, 1.807) is 35.8 Å². The van der Waals surface area contributed by atoms with Gasteiger partial charge in [-0.05, 0) is 50.0 Å². The number of nitrogens with one attached hydrogen (secondary N) is 1. The van der Waals surface area contributed by atoms with E-state index in [0.29, 0.717) is 37.7 Å². The quantitative estimate of drug-likeness (QED) is 0.201. The van der Waals surface area contributed by atoms with Gasteiger partial charge in [0.05, 0.1) is 18.3 Å². The van der Waals surface area contributed by atoms with E-state index in [2.05, 4.69) is 0 Å². The Morgan fingerprint density at radius 3 is 2.47 bits per heavy atom. The number of aliphatic hydroxyl groups is 3. The second-order valence-corrected chi connectivity index (χ2v) is 8.21. The monoisotopic (exact) mass is 423 g/mol. The summed E-state index contributed by atoms with van der Waals surface area (Å²) in [6.45, 7) is 0. The van der Waals surface area contributed by atoms with Gasteiger partial charge in [0.1, 0.15) is 5.82 Å². The number of hydroxylamine groups is 1. The summed E-state index contributed by atoms with van der Waals surface area (Å²) in [4.78, 5) is 11.0. The van der Waals surface area contributed by atoms with Crippen LogP contribution in [0.25, 0.3) is 6.08 Å². The largest absolute Gasteiger partial charge is 0.393 e. The van der Waals surface area contributed by atoms with Crippen LogP contribution in [0.15, 0.2) is 30.3 Å². The van der Waals surface area contributed by atoms with Crippen molar-refractivity contribution in [3.05, 3.63) is 41.7 Å². The van der Waals surface area contributed by atoms with Gasteiger partial charge in [0.2, 0.25) is 5.91 Å². The van der Waals surface area contributed by atoms with Crippen LogP contribution in [0.1, 0.15) is 63.4 Å². The highest BCUT2D eigenvalue weighted by atomic mass is 19.1. The highest BCUT2D eigenvalue weighted by Gasteiger charge is 2.40. The average Bonchev–Trinajstić information content (AvgIpc) is 3.00. The molecule has 0 heterocycles. The van der Waals surface area contributed by atoms with Crippen LogP contribution in [0.3, 0.4) is 0 Å². The van der Waals surface area contributed by atoms with Gasteiger partial charge in [0.15, 0.2) is 0 Å². The maximum Gasteiger partial charge on any atom is 0.243 e. The normalized spacial score (nSPS) is 25.0. The zero-order chi connectivity index (χ0) is 21.9. The summed E-state index contributed by atoms with van der Waals surface area (Å²) in [7, 11) is 0. The number of benzene rings is 1. The zero-order valence-corrected chi connectivity index (χ0v) is 17.3. The fourth-order valence-electron chi connectivity index (χ4n) is 4.34. The molecule has 0 spiro atoms. The molecule has 5 N–H and O–H groups in total. The minimum atomic E-state index is -0.743. The van der Waals surface area contributed by atoms with Crippen molar-refractivity contribution in [1.29, 1.82) is 0 Å². The Bertz CT molecular complexity index is 683. The molecule has 1 aliphatic rings. The third-order valence-electron chi connectivity index (χ3n) is 6.04. The molecule has 0 aromatic heterocycles. The van der Waals surface area contributed by atoms with Gasteiger partial charge in [0, 0.05) is 12.0 Å². The fraction of sp³-hybridized carbons (Fsp3) is 0.609. The van der Waals surface area contributed by atoms with Gasteiger partial charge in [-0.15, -0.1) is 0 Å². The first-order chi connectivity index (χ1) is 14.4. The van der Waals surface area contributed by atoms with E-state index in [0.717, 1.165) is 25.7 Å². The molecule has 1 aliphatic carbocycles. The summed E-state index contributed by atoms with van der Waals surface area (Å²) in [6, 6.07) is 6.36. The van der Waals surface area contributed by atoms with Crippen LogP contribution in [-0.2, 0) is 4.79 Å². The molecule has 1 fully saturated rings. The van der Waals surface area contributed by atoms with Gasteiger partial charge in [-0.25, -0.2) is 9.87 Å². The highest BCUT2D eigenvalue weighted by Crippen LogP contribution is 2.39. The molecule has 1 amide bonds. The summed E-state index contributed by atoms with van der Waals surface area (Å²) in [5, 5.41) is 39.4. The van der Waals surface area contributed by atoms with Gasteiger partial charge in [-0.3, -0.25) is 10.0 Å². The number of halogens is 1. The maximum absolute atomic E-state index is 13.6. The number of amides is 1. The van der Waals surface area contributed by atoms with Crippen molar-refractivity contribution >= 4 is 12.0 Å². The predicted molar refractivity (Wildman–Crippen MR) is 112 cm³/mol. The molecule has 0 saturated heterocycles. The minimum absolute atomic E-state index is 0.0107. The van der Waals surface area contributed by atoms with Crippen LogP contribution in [0.2, 0.25) is 0 Å². The van der Waals surface area contributed by atoms with Crippen molar-refractivity contribution in [2.24, 2.45) is 11.8 Å². The standard InChI is InChI=1S/C23H34FNO5/c24-20-9-6-5-7-16(20)11-12-17(26)13-14-19-18(21(27)15-22(19)28)8-3-1-2-4-10-23(29)25-30/h5-7,9,11-12,17-19,21-22,26-28,30H,1-4,8,10,13-15H2,(H,25,29)/t17?,18-,19-,21+,22-/m1/s1. The maximum atomic E-state index is 13.6. The molecular formula is C23H34FNO5. The Morgan fingerprint density at radius 1 is 1.10 bits per heavy atom. The van der Waals surface area contributed by atoms with Crippen LogP contribution in [0.5, 0.6) is 0 Å². The van der Waals surface area contributed by atoms with Crippen LogP contribution in [-0.4, -0.2) is 44.7 Å². The summed E-state index contributed by atoms with van der Waals surface area (Å²) in [5.41, 5.74) is 2.04. The lowest BCUT2D eigenvalue weighted by atomic mass is 9.85. The molecule has 2 rings (SSSR count). The molecule has 1 saturated carbocycles. The van der Waals surface area contributed by atoms with E-state index in [1.165, 1.54) is 6.07 Å². The topological polar surface area (TPSA) is 110 Å². The number of unbranched alkanes of at least 4 members (excludes halogenated alkanes) is 3. The molecule has 7 heteroatoms. The Balaban J connectivity index is 1.75. The molecule has 0 radical (unpaired) electrons. The van der Waals surface area contributed by atoms with E-state index in [4.69, 9.17) is 5.21 Å². The van der Waals surface area contributed by atoms with Gasteiger partial charge >= 0.3 is 0 Å². The SMILES string of the molecule is O=C(CCCCCC[C@@H]1[C@@H](CCC(O)C=Cc2ccccc2F)[C@H](O)C[C@@H]1O)NO. The second kappa shape index (κ2) is 12.8. The van der Waals surface area contributed by atoms with Gasteiger partial charge < -0.3 is 15.3 Å². The van der Waals surface area contributed by atoms with E-state index >= 15 is 0 Å². The Kier molecular flexibility index (Phi) is 10.4. The van der Waals surface area contributed by atoms with Crippen LogP contribution in [0, 0.1) is 17.7 Å². The van der Waals surface area contributed by atoms with Crippen molar-refractivity contribution in [3.63, 3.8) is 0 Å². The number of aliphatic hydroxyl groups excluding tert-OH is 3. The fourth-order valence-corrected chi connectivity index (χ4v) is 4.34. The Hall–Kier alpha value is -1.80. The molecule has 1 unspecified atom stereocenters. The smallest absolute Gasteiger partial charge is 0.243 e. The Labute approximate surface area is 177 Å². The average molecular weight is 424 g/mol. The van der Waals surface area contributed by atoms with E-state index in [-0.39, 0.29) is 23.6 Å². The third kappa shape index (κ3) is 7.80. The second-order valence-electron chi connectivity index (χ2n) is 8.21. The number of hydrogen-bond donors (Lipinski definition) is 5. The first-order valence-corrected chi connectivity index (χ1v) is 10.8. The van der Waals surface area contributed by atoms with E-state index in [9.17, 15) is 24.5 Å². The number of carbonyl (C=O) groups excluding carboxylic acids is 1. The van der Waals surface area contributed by atoms with Gasteiger partial charge in [-0.2, -0.15) is 0 Å². The zero-order valence-electron chi connectivity index (χ0n) is 17.3. The summed E-state index contributed by atoms with van der Waals surface area (Å²) >= 11 is 0. The molecule has 1 aromatic rings. The molecule has 0 bridgehead atoms. The first kappa shape index (κ1) is 24.5. The molecule has 30 heavy (non-hydrogen) atoms. The number of rotatable bonds is 12. The lowest BCUT2D eigenvalue weighted by Crippen LogP contribution is -2.23. The number of hydrogen-bond acceptors (Lipinski definition) is 5.